The lowest BCUT2D eigenvalue weighted by atomic mass is 10.1. The minimum Gasteiger partial charge on any atom is -0.491 e. The second-order valence-corrected chi connectivity index (χ2v) is 9.66. The van der Waals surface area contributed by atoms with Gasteiger partial charge in [0.15, 0.2) is 0 Å². The van der Waals surface area contributed by atoms with E-state index in [9.17, 15) is 9.50 Å². The summed E-state index contributed by atoms with van der Waals surface area (Å²) in [4.78, 5) is 2.08. The molecule has 0 saturated heterocycles. The number of aromatic nitrogens is 2. The number of rotatable bonds is 12. The molecule has 1 N–H and O–H groups in total. The number of halogens is 1. The highest BCUT2D eigenvalue weighted by atomic mass is 19.1. The van der Waals surface area contributed by atoms with Crippen LogP contribution < -0.4 is 9.47 Å². The predicted octanol–water partition coefficient (Wildman–Crippen LogP) is 6.36. The van der Waals surface area contributed by atoms with Gasteiger partial charge in [-0.3, -0.25) is 4.90 Å². The number of benzene rings is 3. The lowest BCUT2D eigenvalue weighted by Crippen LogP contribution is -2.35. The van der Waals surface area contributed by atoms with E-state index >= 15 is 0 Å². The highest BCUT2D eigenvalue weighted by molar-refractivity contribution is 5.65. The fraction of sp³-hybridized carbons (Fsp3) is 0.219. The van der Waals surface area contributed by atoms with Crippen LogP contribution in [0.3, 0.4) is 0 Å². The van der Waals surface area contributed by atoms with Crippen LogP contribution in [-0.4, -0.2) is 39.0 Å². The number of para-hydroxylation sites is 1. The molecule has 1 atom stereocenters. The van der Waals surface area contributed by atoms with Gasteiger partial charge in [0, 0.05) is 25.7 Å². The number of aliphatic hydroxyl groups excluding tert-OH is 1. The molecule has 1 unspecified atom stereocenters. The molecule has 5 rings (SSSR count). The second kappa shape index (κ2) is 12.6. The summed E-state index contributed by atoms with van der Waals surface area (Å²) in [6.07, 6.45) is 0.862. The Bertz CT molecular complexity index is 1500. The highest BCUT2D eigenvalue weighted by Gasteiger charge is 2.24. The lowest BCUT2D eigenvalue weighted by molar-refractivity contribution is 0.0600. The summed E-state index contributed by atoms with van der Waals surface area (Å²) in [7, 11) is 1.82. The minimum absolute atomic E-state index is 0.136. The van der Waals surface area contributed by atoms with Crippen molar-refractivity contribution in [2.45, 2.75) is 26.1 Å². The third-order valence-electron chi connectivity index (χ3n) is 6.50. The molecule has 0 aliphatic carbocycles. The maximum atomic E-state index is 13.6. The molecule has 3 aromatic carbocycles. The largest absolute Gasteiger partial charge is 0.491 e. The van der Waals surface area contributed by atoms with Crippen molar-refractivity contribution < 1.29 is 23.4 Å². The van der Waals surface area contributed by atoms with Crippen LogP contribution in [0.25, 0.3) is 11.3 Å². The van der Waals surface area contributed by atoms with Gasteiger partial charge in [-0.25, -0.2) is 9.07 Å². The van der Waals surface area contributed by atoms with Crippen LogP contribution in [0.5, 0.6) is 17.4 Å². The summed E-state index contributed by atoms with van der Waals surface area (Å²) >= 11 is 0. The van der Waals surface area contributed by atoms with Gasteiger partial charge in [-0.2, -0.15) is 5.10 Å². The van der Waals surface area contributed by atoms with Gasteiger partial charge in [0.2, 0.25) is 5.88 Å². The molecule has 0 bridgehead atoms. The van der Waals surface area contributed by atoms with Gasteiger partial charge in [0.05, 0.1) is 18.4 Å². The molecule has 5 aromatic rings. The second-order valence-electron chi connectivity index (χ2n) is 9.66. The van der Waals surface area contributed by atoms with Crippen LogP contribution in [0.4, 0.5) is 4.39 Å². The van der Waals surface area contributed by atoms with Gasteiger partial charge in [-0.15, -0.1) is 0 Å². The van der Waals surface area contributed by atoms with Crippen LogP contribution in [-0.2, 0) is 20.1 Å². The van der Waals surface area contributed by atoms with Crippen molar-refractivity contribution in [2.75, 3.05) is 13.2 Å². The van der Waals surface area contributed by atoms with Gasteiger partial charge in [-0.1, -0.05) is 48.5 Å². The molecule has 40 heavy (non-hydrogen) atoms. The molecule has 0 fully saturated rings. The van der Waals surface area contributed by atoms with E-state index in [1.807, 2.05) is 80.7 Å². The quantitative estimate of drug-likeness (QED) is 0.198. The standard InChI is InChI=1S/C32H32FN3O4/c1-23-9-6-7-13-30(23)39-22-26(37)19-36(20-28-12-8-18-38-28)21-29-31(24-10-4-3-5-11-24)34-35(2)32(29)40-27-16-14-25(33)15-17-27/h3-18,26,37H,19-22H2,1-2H3. The summed E-state index contributed by atoms with van der Waals surface area (Å²) in [6, 6.07) is 27.2. The number of hydrogen-bond acceptors (Lipinski definition) is 6. The van der Waals surface area contributed by atoms with E-state index in [4.69, 9.17) is 19.0 Å². The first-order valence-corrected chi connectivity index (χ1v) is 13.1. The Kier molecular flexibility index (Phi) is 8.59. The monoisotopic (exact) mass is 541 g/mol. The van der Waals surface area contributed by atoms with Gasteiger partial charge in [0.1, 0.15) is 41.5 Å². The number of hydrogen-bond donors (Lipinski definition) is 1. The maximum absolute atomic E-state index is 13.6. The number of furan rings is 1. The van der Waals surface area contributed by atoms with Crippen LogP contribution in [0.1, 0.15) is 16.9 Å². The van der Waals surface area contributed by atoms with E-state index in [0.29, 0.717) is 31.3 Å². The molecule has 8 heteroatoms. The Labute approximate surface area is 233 Å². The Morgan fingerprint density at radius 3 is 2.42 bits per heavy atom. The third kappa shape index (κ3) is 6.77. The molecule has 2 aromatic heterocycles. The van der Waals surface area contributed by atoms with Gasteiger partial charge in [0.25, 0.3) is 0 Å². The predicted molar refractivity (Wildman–Crippen MR) is 151 cm³/mol. The molecule has 0 saturated carbocycles. The number of ether oxygens (including phenoxy) is 2. The summed E-state index contributed by atoms with van der Waals surface area (Å²) in [5.74, 6) is 2.19. The highest BCUT2D eigenvalue weighted by Crippen LogP contribution is 2.34. The van der Waals surface area contributed by atoms with E-state index in [1.54, 1.807) is 23.1 Å². The first-order valence-electron chi connectivity index (χ1n) is 13.1. The smallest absolute Gasteiger partial charge is 0.222 e. The van der Waals surface area contributed by atoms with Gasteiger partial charge < -0.3 is 19.0 Å². The number of nitrogens with zero attached hydrogens (tertiary/aromatic N) is 3. The summed E-state index contributed by atoms with van der Waals surface area (Å²) in [6.45, 7) is 3.27. The van der Waals surface area contributed by atoms with Crippen molar-refractivity contribution in [3.63, 3.8) is 0 Å². The molecule has 0 spiro atoms. The van der Waals surface area contributed by atoms with Gasteiger partial charge in [-0.05, 0) is 55.0 Å². The SMILES string of the molecule is Cc1ccccc1OCC(O)CN(Cc1ccco1)Cc1c(-c2ccccc2)nn(C)c1Oc1ccc(F)cc1. The summed E-state index contributed by atoms with van der Waals surface area (Å²) in [5, 5.41) is 15.8. The maximum Gasteiger partial charge on any atom is 0.222 e. The fourth-order valence-corrected chi connectivity index (χ4v) is 4.55. The first kappa shape index (κ1) is 27.2. The van der Waals surface area contributed by atoms with E-state index in [0.717, 1.165) is 33.9 Å². The van der Waals surface area contributed by atoms with Gasteiger partial charge >= 0.3 is 0 Å². The van der Waals surface area contributed by atoms with Crippen LogP contribution in [0.15, 0.2) is 102 Å². The van der Waals surface area contributed by atoms with Crippen LogP contribution in [0.2, 0.25) is 0 Å². The van der Waals surface area contributed by atoms with Crippen molar-refractivity contribution in [1.29, 1.82) is 0 Å². The summed E-state index contributed by atoms with van der Waals surface area (Å²) in [5.41, 5.74) is 3.53. The Hall–Kier alpha value is -4.40. The topological polar surface area (TPSA) is 72.9 Å². The zero-order chi connectivity index (χ0) is 27.9. The molecular weight excluding hydrogens is 509 g/mol. The zero-order valence-electron chi connectivity index (χ0n) is 22.5. The van der Waals surface area contributed by atoms with E-state index in [1.165, 1.54) is 12.1 Å². The molecule has 2 heterocycles. The molecule has 0 aliphatic rings. The molecule has 7 nitrogen and oxygen atoms in total. The zero-order valence-corrected chi connectivity index (χ0v) is 22.5. The number of aryl methyl sites for hydroxylation is 2. The van der Waals surface area contributed by atoms with Crippen LogP contribution in [0, 0.1) is 12.7 Å². The Morgan fingerprint density at radius 1 is 0.950 bits per heavy atom. The lowest BCUT2D eigenvalue weighted by Gasteiger charge is -2.25. The minimum atomic E-state index is -0.770. The molecule has 206 valence electrons. The van der Waals surface area contributed by atoms with Crippen LogP contribution >= 0.6 is 0 Å². The molecule has 0 amide bonds. The van der Waals surface area contributed by atoms with Crippen molar-refractivity contribution >= 4 is 0 Å². The average Bonchev–Trinajstić information content (AvgIpc) is 3.58. The Balaban J connectivity index is 1.44. The Morgan fingerprint density at radius 2 is 1.70 bits per heavy atom. The molecular formula is C32H32FN3O4. The first-order chi connectivity index (χ1) is 19.5. The van der Waals surface area contributed by atoms with Crippen molar-refractivity contribution in [3.8, 4) is 28.6 Å². The fourth-order valence-electron chi connectivity index (χ4n) is 4.55. The van der Waals surface area contributed by atoms with E-state index in [2.05, 4.69) is 4.90 Å². The number of aliphatic hydroxyl groups is 1. The van der Waals surface area contributed by atoms with Crippen molar-refractivity contribution in [2.24, 2.45) is 7.05 Å². The summed E-state index contributed by atoms with van der Waals surface area (Å²) < 4.78 is 33.1. The normalized spacial score (nSPS) is 12.0. The molecule has 0 radical (unpaired) electrons. The molecule has 0 aliphatic heterocycles. The van der Waals surface area contributed by atoms with E-state index < -0.39 is 6.10 Å². The van der Waals surface area contributed by atoms with E-state index in [-0.39, 0.29) is 12.4 Å². The average molecular weight is 542 g/mol. The third-order valence-corrected chi connectivity index (χ3v) is 6.50. The van der Waals surface area contributed by atoms with Crippen molar-refractivity contribution in [1.82, 2.24) is 14.7 Å². The van der Waals surface area contributed by atoms with Crippen molar-refractivity contribution in [3.05, 3.63) is 120 Å².